The molecule has 1 saturated heterocycles. The molecule has 0 aliphatic carbocycles. The molecule has 164 valence electrons. The number of piperidine rings is 1. The molecule has 3 rings (SSSR count). The molecular formula is C25H31N3O3. The molecular weight excluding hydrogens is 390 g/mol. The number of benzene rings is 2. The number of carbonyl (C=O) groups excluding carboxylic acids is 3. The Balaban J connectivity index is 1.65. The highest BCUT2D eigenvalue weighted by Crippen LogP contribution is 2.21. The normalized spacial score (nSPS) is 17.0. The quantitative estimate of drug-likeness (QED) is 0.740. The molecule has 2 aromatic rings. The van der Waals surface area contributed by atoms with E-state index in [1.807, 2.05) is 32.9 Å². The van der Waals surface area contributed by atoms with E-state index in [4.69, 9.17) is 0 Å². The number of hydrogen-bond acceptors (Lipinski definition) is 3. The summed E-state index contributed by atoms with van der Waals surface area (Å²) >= 11 is 0. The first kappa shape index (κ1) is 22.5. The summed E-state index contributed by atoms with van der Waals surface area (Å²) in [5.41, 5.74) is 2.72. The summed E-state index contributed by atoms with van der Waals surface area (Å²) in [6, 6.07) is 14.4. The number of likely N-dealkylation sites (tertiary alicyclic amines) is 1. The Kier molecular flexibility index (Phi) is 7.45. The van der Waals surface area contributed by atoms with Crippen molar-refractivity contribution in [1.29, 1.82) is 0 Å². The second-order valence-electron chi connectivity index (χ2n) is 8.31. The molecule has 2 aromatic carbocycles. The van der Waals surface area contributed by atoms with Crippen LogP contribution in [0.15, 0.2) is 48.5 Å². The third-order valence-electron chi connectivity index (χ3n) is 5.76. The Morgan fingerprint density at radius 2 is 1.84 bits per heavy atom. The van der Waals surface area contributed by atoms with Gasteiger partial charge in [-0.25, -0.2) is 0 Å². The van der Waals surface area contributed by atoms with Crippen molar-refractivity contribution in [2.24, 2.45) is 5.92 Å². The zero-order valence-electron chi connectivity index (χ0n) is 18.5. The molecule has 3 amide bonds. The van der Waals surface area contributed by atoms with Crippen LogP contribution in [0.25, 0.3) is 0 Å². The fourth-order valence-corrected chi connectivity index (χ4v) is 3.66. The summed E-state index contributed by atoms with van der Waals surface area (Å²) in [6.45, 7) is 7.04. The summed E-state index contributed by atoms with van der Waals surface area (Å²) in [4.78, 5) is 39.8. The van der Waals surface area contributed by atoms with Gasteiger partial charge in [0.2, 0.25) is 5.91 Å². The third-order valence-corrected chi connectivity index (χ3v) is 5.76. The van der Waals surface area contributed by atoms with Gasteiger partial charge in [-0.05, 0) is 63.4 Å². The van der Waals surface area contributed by atoms with E-state index >= 15 is 0 Å². The van der Waals surface area contributed by atoms with Crippen LogP contribution in [-0.2, 0) is 4.79 Å². The minimum Gasteiger partial charge on any atom is -0.353 e. The van der Waals surface area contributed by atoms with Gasteiger partial charge in [-0.1, -0.05) is 30.7 Å². The molecule has 0 bridgehead atoms. The average molecular weight is 422 g/mol. The van der Waals surface area contributed by atoms with Crippen LogP contribution in [-0.4, -0.2) is 41.8 Å². The maximum Gasteiger partial charge on any atom is 0.255 e. The number of nitrogens with one attached hydrogen (secondary N) is 2. The van der Waals surface area contributed by atoms with Gasteiger partial charge >= 0.3 is 0 Å². The number of carbonyl (C=O) groups is 3. The zero-order valence-corrected chi connectivity index (χ0v) is 18.5. The van der Waals surface area contributed by atoms with Crippen molar-refractivity contribution in [3.63, 3.8) is 0 Å². The first-order valence-electron chi connectivity index (χ1n) is 10.9. The molecule has 2 unspecified atom stereocenters. The fraction of sp³-hybridized carbons (Fsp3) is 0.400. The average Bonchev–Trinajstić information content (AvgIpc) is 2.79. The van der Waals surface area contributed by atoms with E-state index in [0.29, 0.717) is 29.9 Å². The molecule has 2 N–H and O–H groups in total. The highest BCUT2D eigenvalue weighted by atomic mass is 16.2. The van der Waals surface area contributed by atoms with Crippen LogP contribution in [0.4, 0.5) is 5.69 Å². The molecule has 0 spiro atoms. The van der Waals surface area contributed by atoms with E-state index < -0.39 is 0 Å². The molecule has 1 aliphatic heterocycles. The Hall–Kier alpha value is -3.15. The molecule has 1 heterocycles. The van der Waals surface area contributed by atoms with Crippen molar-refractivity contribution >= 4 is 23.4 Å². The molecule has 31 heavy (non-hydrogen) atoms. The SMILES string of the molecule is CCC(C)NC(=O)C1CCCN(C(=O)c2cccc(NC(=O)c3ccc(C)cc3)c2)C1. The van der Waals surface area contributed by atoms with E-state index in [9.17, 15) is 14.4 Å². The number of nitrogens with zero attached hydrogens (tertiary/aromatic N) is 1. The van der Waals surface area contributed by atoms with E-state index in [0.717, 1.165) is 24.8 Å². The van der Waals surface area contributed by atoms with Crippen LogP contribution in [0.2, 0.25) is 0 Å². The van der Waals surface area contributed by atoms with E-state index in [2.05, 4.69) is 10.6 Å². The fourth-order valence-electron chi connectivity index (χ4n) is 3.66. The van der Waals surface area contributed by atoms with Crippen LogP contribution >= 0.6 is 0 Å². The summed E-state index contributed by atoms with van der Waals surface area (Å²) < 4.78 is 0. The molecule has 0 saturated carbocycles. The van der Waals surface area contributed by atoms with Gasteiger partial charge < -0.3 is 15.5 Å². The van der Waals surface area contributed by atoms with Gasteiger partial charge in [0.05, 0.1) is 5.92 Å². The van der Waals surface area contributed by atoms with Crippen molar-refractivity contribution in [2.75, 3.05) is 18.4 Å². The van der Waals surface area contributed by atoms with Gasteiger partial charge in [-0.3, -0.25) is 14.4 Å². The first-order valence-corrected chi connectivity index (χ1v) is 10.9. The Morgan fingerprint density at radius 1 is 1.10 bits per heavy atom. The smallest absolute Gasteiger partial charge is 0.255 e. The Labute approximate surface area is 184 Å². The standard InChI is InChI=1S/C25H31N3O3/c1-4-18(3)26-24(30)21-8-6-14-28(16-21)25(31)20-7-5-9-22(15-20)27-23(29)19-12-10-17(2)11-13-19/h5,7,9-13,15,18,21H,4,6,8,14,16H2,1-3H3,(H,26,30)(H,27,29). The van der Waals surface area contributed by atoms with Gasteiger partial charge in [0, 0.05) is 35.9 Å². The van der Waals surface area contributed by atoms with Crippen LogP contribution in [0.5, 0.6) is 0 Å². The second kappa shape index (κ2) is 10.2. The van der Waals surface area contributed by atoms with Crippen molar-refractivity contribution in [3.05, 3.63) is 65.2 Å². The minimum atomic E-state index is -0.218. The van der Waals surface area contributed by atoms with Gasteiger partial charge in [0.15, 0.2) is 0 Å². The number of anilines is 1. The molecule has 1 fully saturated rings. The monoisotopic (exact) mass is 421 g/mol. The Bertz CT molecular complexity index is 939. The summed E-state index contributed by atoms with van der Waals surface area (Å²) in [5, 5.41) is 5.88. The molecule has 0 radical (unpaired) electrons. The number of hydrogen-bond donors (Lipinski definition) is 2. The van der Waals surface area contributed by atoms with Crippen molar-refractivity contribution < 1.29 is 14.4 Å². The van der Waals surface area contributed by atoms with Crippen LogP contribution < -0.4 is 10.6 Å². The maximum atomic E-state index is 13.1. The minimum absolute atomic E-state index is 0.0194. The van der Waals surface area contributed by atoms with Crippen molar-refractivity contribution in [2.45, 2.75) is 46.1 Å². The summed E-state index contributed by atoms with van der Waals surface area (Å²) in [7, 11) is 0. The molecule has 2 atom stereocenters. The number of aryl methyl sites for hydroxylation is 1. The summed E-state index contributed by atoms with van der Waals surface area (Å²) in [6.07, 6.45) is 2.47. The molecule has 6 nitrogen and oxygen atoms in total. The van der Waals surface area contributed by atoms with Gasteiger partial charge in [-0.2, -0.15) is 0 Å². The van der Waals surface area contributed by atoms with Crippen LogP contribution in [0, 0.1) is 12.8 Å². The van der Waals surface area contributed by atoms with Crippen molar-refractivity contribution in [1.82, 2.24) is 10.2 Å². The van der Waals surface area contributed by atoms with Crippen LogP contribution in [0.1, 0.15) is 59.4 Å². The lowest BCUT2D eigenvalue weighted by Gasteiger charge is -2.32. The predicted molar refractivity (Wildman–Crippen MR) is 122 cm³/mol. The van der Waals surface area contributed by atoms with E-state index in [1.54, 1.807) is 41.3 Å². The molecule has 1 aliphatic rings. The number of amides is 3. The lowest BCUT2D eigenvalue weighted by Crippen LogP contribution is -2.47. The number of rotatable bonds is 6. The van der Waals surface area contributed by atoms with Crippen LogP contribution in [0.3, 0.4) is 0 Å². The van der Waals surface area contributed by atoms with E-state index in [-0.39, 0.29) is 29.7 Å². The van der Waals surface area contributed by atoms with Gasteiger partial charge in [0.25, 0.3) is 11.8 Å². The largest absolute Gasteiger partial charge is 0.353 e. The third kappa shape index (κ3) is 5.94. The highest BCUT2D eigenvalue weighted by Gasteiger charge is 2.29. The zero-order chi connectivity index (χ0) is 22.4. The highest BCUT2D eigenvalue weighted by molar-refractivity contribution is 6.05. The predicted octanol–water partition coefficient (Wildman–Crippen LogP) is 4.01. The first-order chi connectivity index (χ1) is 14.9. The van der Waals surface area contributed by atoms with Gasteiger partial charge in [-0.15, -0.1) is 0 Å². The lowest BCUT2D eigenvalue weighted by atomic mass is 9.96. The molecule has 6 heteroatoms. The topological polar surface area (TPSA) is 78.5 Å². The van der Waals surface area contributed by atoms with Gasteiger partial charge in [0.1, 0.15) is 0 Å². The van der Waals surface area contributed by atoms with Crippen molar-refractivity contribution in [3.8, 4) is 0 Å². The lowest BCUT2D eigenvalue weighted by molar-refractivity contribution is -0.126. The Morgan fingerprint density at radius 3 is 2.55 bits per heavy atom. The second-order valence-corrected chi connectivity index (χ2v) is 8.31. The van der Waals surface area contributed by atoms with E-state index in [1.165, 1.54) is 0 Å². The maximum absolute atomic E-state index is 13.1. The molecule has 0 aromatic heterocycles. The summed E-state index contributed by atoms with van der Waals surface area (Å²) in [5.74, 6) is -0.501.